The average Bonchev–Trinajstić information content (AvgIpc) is 2.55. The monoisotopic (exact) mass is 328 g/mol. The highest BCUT2D eigenvalue weighted by molar-refractivity contribution is 6.30. The lowest BCUT2D eigenvalue weighted by Gasteiger charge is -2.31. The summed E-state index contributed by atoms with van der Waals surface area (Å²) in [5.41, 5.74) is 2.87. The number of nitrogens with zero attached hydrogens (tertiary/aromatic N) is 2. The van der Waals surface area contributed by atoms with Gasteiger partial charge in [0.15, 0.2) is 5.78 Å². The lowest BCUT2D eigenvalue weighted by atomic mass is 9.90. The summed E-state index contributed by atoms with van der Waals surface area (Å²) in [6.45, 7) is 4.65. The Kier molecular flexibility index (Phi) is 5.09. The number of aryl methyl sites for hydroxylation is 1. The molecule has 0 bridgehead atoms. The second kappa shape index (κ2) is 7.24. The van der Waals surface area contributed by atoms with Crippen molar-refractivity contribution >= 4 is 17.4 Å². The summed E-state index contributed by atoms with van der Waals surface area (Å²) >= 11 is 5.90. The molecule has 0 amide bonds. The van der Waals surface area contributed by atoms with Crippen molar-refractivity contribution < 1.29 is 4.79 Å². The number of piperidine rings is 1. The molecule has 1 atom stereocenters. The first-order valence-electron chi connectivity index (χ1n) is 8.06. The first kappa shape index (κ1) is 16.2. The largest absolute Gasteiger partial charge is 0.297 e. The molecule has 2 heterocycles. The maximum absolute atomic E-state index is 12.7. The SMILES string of the molecule is Cc1cccc(CN2CCC[C@@H](C(=O)c3ccc(Cl)cc3)C2)n1. The van der Waals surface area contributed by atoms with Crippen LogP contribution in [-0.4, -0.2) is 28.8 Å². The number of Topliss-reactive ketones (excluding diaryl/α,β-unsaturated/α-hetero) is 1. The molecule has 1 fully saturated rings. The van der Waals surface area contributed by atoms with E-state index in [4.69, 9.17) is 11.6 Å². The number of hydrogen-bond donors (Lipinski definition) is 0. The highest BCUT2D eigenvalue weighted by atomic mass is 35.5. The van der Waals surface area contributed by atoms with E-state index >= 15 is 0 Å². The molecule has 4 heteroatoms. The maximum Gasteiger partial charge on any atom is 0.167 e. The summed E-state index contributed by atoms with van der Waals surface area (Å²) < 4.78 is 0. The van der Waals surface area contributed by atoms with Crippen LogP contribution in [0.1, 0.15) is 34.6 Å². The van der Waals surface area contributed by atoms with Crippen LogP contribution in [0, 0.1) is 12.8 Å². The normalized spacial score (nSPS) is 18.8. The zero-order valence-electron chi connectivity index (χ0n) is 13.3. The van der Waals surface area contributed by atoms with Crippen molar-refractivity contribution in [3.8, 4) is 0 Å². The summed E-state index contributed by atoms with van der Waals surface area (Å²) in [4.78, 5) is 19.6. The maximum atomic E-state index is 12.7. The van der Waals surface area contributed by atoms with Gasteiger partial charge in [-0.3, -0.25) is 14.7 Å². The van der Waals surface area contributed by atoms with Gasteiger partial charge in [-0.15, -0.1) is 0 Å². The lowest BCUT2D eigenvalue weighted by Crippen LogP contribution is -2.38. The molecule has 0 unspecified atom stereocenters. The molecule has 1 saturated heterocycles. The summed E-state index contributed by atoms with van der Waals surface area (Å²) in [7, 11) is 0. The van der Waals surface area contributed by atoms with Crippen molar-refractivity contribution in [2.24, 2.45) is 5.92 Å². The van der Waals surface area contributed by atoms with Crippen LogP contribution in [0.4, 0.5) is 0 Å². The van der Waals surface area contributed by atoms with Crippen LogP contribution in [0.25, 0.3) is 0 Å². The van der Waals surface area contributed by atoms with Gasteiger partial charge in [0.2, 0.25) is 0 Å². The summed E-state index contributed by atoms with van der Waals surface area (Å²) in [6, 6.07) is 13.3. The van der Waals surface area contributed by atoms with Crippen LogP contribution < -0.4 is 0 Å². The molecule has 2 aromatic rings. The van der Waals surface area contributed by atoms with E-state index in [2.05, 4.69) is 16.0 Å². The third kappa shape index (κ3) is 4.18. The number of likely N-dealkylation sites (tertiary alicyclic amines) is 1. The second-order valence-corrected chi connectivity index (χ2v) is 6.65. The second-order valence-electron chi connectivity index (χ2n) is 6.22. The molecule has 3 rings (SSSR count). The van der Waals surface area contributed by atoms with Crippen molar-refractivity contribution in [2.45, 2.75) is 26.3 Å². The topological polar surface area (TPSA) is 33.2 Å². The van der Waals surface area contributed by atoms with E-state index in [-0.39, 0.29) is 11.7 Å². The highest BCUT2D eigenvalue weighted by Gasteiger charge is 2.26. The first-order valence-corrected chi connectivity index (χ1v) is 8.44. The van der Waals surface area contributed by atoms with Crippen LogP contribution >= 0.6 is 11.6 Å². The first-order chi connectivity index (χ1) is 11.1. The lowest BCUT2D eigenvalue weighted by molar-refractivity contribution is 0.0810. The van der Waals surface area contributed by atoms with Crippen molar-refractivity contribution in [1.29, 1.82) is 0 Å². The van der Waals surface area contributed by atoms with Crippen molar-refractivity contribution in [3.63, 3.8) is 0 Å². The van der Waals surface area contributed by atoms with Crippen LogP contribution in [0.3, 0.4) is 0 Å². The van der Waals surface area contributed by atoms with Gasteiger partial charge in [-0.1, -0.05) is 17.7 Å². The number of pyridine rings is 1. The molecule has 0 radical (unpaired) electrons. The molecule has 0 N–H and O–H groups in total. The minimum Gasteiger partial charge on any atom is -0.297 e. The van der Waals surface area contributed by atoms with Gasteiger partial charge >= 0.3 is 0 Å². The van der Waals surface area contributed by atoms with Gasteiger partial charge in [0.05, 0.1) is 5.69 Å². The molecule has 23 heavy (non-hydrogen) atoms. The Morgan fingerprint density at radius 2 is 2.04 bits per heavy atom. The molecule has 1 aliphatic rings. The molecule has 0 saturated carbocycles. The summed E-state index contributed by atoms with van der Waals surface area (Å²) in [5.74, 6) is 0.290. The van der Waals surface area contributed by atoms with E-state index in [1.54, 1.807) is 12.1 Å². The Morgan fingerprint density at radius 3 is 2.78 bits per heavy atom. The van der Waals surface area contributed by atoms with E-state index in [0.29, 0.717) is 5.02 Å². The quantitative estimate of drug-likeness (QED) is 0.791. The standard InChI is InChI=1S/C19H21ClN2O/c1-14-4-2-6-18(21-14)13-22-11-3-5-16(12-22)19(23)15-7-9-17(20)10-8-15/h2,4,6-10,16H,3,5,11-13H2,1H3/t16-/m1/s1. The third-order valence-electron chi connectivity index (χ3n) is 4.34. The third-order valence-corrected chi connectivity index (χ3v) is 4.59. The number of hydrogen-bond acceptors (Lipinski definition) is 3. The molecule has 3 nitrogen and oxygen atoms in total. The molecular formula is C19H21ClN2O. The smallest absolute Gasteiger partial charge is 0.167 e. The number of benzene rings is 1. The van der Waals surface area contributed by atoms with Crippen LogP contribution in [0.5, 0.6) is 0 Å². The zero-order chi connectivity index (χ0) is 16.2. The van der Waals surface area contributed by atoms with Gasteiger partial charge in [-0.2, -0.15) is 0 Å². The average molecular weight is 329 g/mol. The van der Waals surface area contributed by atoms with Gasteiger partial charge in [0.1, 0.15) is 0 Å². The Balaban J connectivity index is 1.66. The highest BCUT2D eigenvalue weighted by Crippen LogP contribution is 2.23. The van der Waals surface area contributed by atoms with Gasteiger partial charge in [-0.05, 0) is 62.7 Å². The molecular weight excluding hydrogens is 308 g/mol. The molecule has 1 aromatic carbocycles. The van der Waals surface area contributed by atoms with Crippen molar-refractivity contribution in [3.05, 3.63) is 64.4 Å². The molecule has 0 spiro atoms. The number of rotatable bonds is 4. The zero-order valence-corrected chi connectivity index (χ0v) is 14.1. The van der Waals surface area contributed by atoms with Crippen molar-refractivity contribution in [2.75, 3.05) is 13.1 Å². The molecule has 1 aliphatic heterocycles. The van der Waals surface area contributed by atoms with Gasteiger partial charge in [0.25, 0.3) is 0 Å². The van der Waals surface area contributed by atoms with Gasteiger partial charge < -0.3 is 0 Å². The Bertz CT molecular complexity index is 684. The number of ketones is 1. The van der Waals surface area contributed by atoms with E-state index in [1.807, 2.05) is 31.2 Å². The number of halogens is 1. The van der Waals surface area contributed by atoms with Crippen LogP contribution in [0.2, 0.25) is 5.02 Å². The van der Waals surface area contributed by atoms with E-state index in [1.165, 1.54) is 0 Å². The minimum atomic E-state index is 0.0646. The van der Waals surface area contributed by atoms with E-state index in [9.17, 15) is 4.79 Å². The van der Waals surface area contributed by atoms with Gasteiger partial charge in [-0.25, -0.2) is 0 Å². The summed E-state index contributed by atoms with van der Waals surface area (Å²) in [5, 5.41) is 0.664. The number of carbonyl (C=O) groups is 1. The predicted molar refractivity (Wildman–Crippen MR) is 92.8 cm³/mol. The predicted octanol–water partition coefficient (Wildman–Crippen LogP) is 4.14. The Morgan fingerprint density at radius 1 is 1.26 bits per heavy atom. The minimum absolute atomic E-state index is 0.0646. The van der Waals surface area contributed by atoms with E-state index in [0.717, 1.165) is 49.4 Å². The van der Waals surface area contributed by atoms with Crippen LogP contribution in [0.15, 0.2) is 42.5 Å². The van der Waals surface area contributed by atoms with E-state index < -0.39 is 0 Å². The molecule has 1 aromatic heterocycles. The molecule has 120 valence electrons. The Labute approximate surface area is 142 Å². The fraction of sp³-hybridized carbons (Fsp3) is 0.368. The summed E-state index contributed by atoms with van der Waals surface area (Å²) in [6.07, 6.45) is 2.01. The fourth-order valence-electron chi connectivity index (χ4n) is 3.18. The number of aromatic nitrogens is 1. The van der Waals surface area contributed by atoms with Crippen molar-refractivity contribution in [1.82, 2.24) is 9.88 Å². The van der Waals surface area contributed by atoms with Crippen LogP contribution in [-0.2, 0) is 6.54 Å². The Hall–Kier alpha value is -1.71. The van der Waals surface area contributed by atoms with Gasteiger partial charge in [0, 0.05) is 35.3 Å². The molecule has 0 aliphatic carbocycles. The number of carbonyl (C=O) groups excluding carboxylic acids is 1. The fourth-order valence-corrected chi connectivity index (χ4v) is 3.31.